The van der Waals surface area contributed by atoms with Crippen LogP contribution in [0.1, 0.15) is 71.1 Å². The summed E-state index contributed by atoms with van der Waals surface area (Å²) in [6, 6.07) is 0. The molecule has 0 aliphatic heterocycles. The largest absolute Gasteiger partial charge is 0.233 e. The molecule has 2 unspecified atom stereocenters. The first kappa shape index (κ1) is 12.9. The third kappa shape index (κ3) is 3.27. The Morgan fingerprint density at radius 2 is 1.28 bits per heavy atom. The van der Waals surface area contributed by atoms with E-state index in [1.165, 1.54) is 64.2 Å². The van der Waals surface area contributed by atoms with Gasteiger partial charge < -0.3 is 0 Å². The highest BCUT2D eigenvalue weighted by atomic mass is 17.2. The van der Waals surface area contributed by atoms with Gasteiger partial charge in [0.2, 0.25) is 0 Å². The maximum atomic E-state index is 5.79. The second-order valence-corrected chi connectivity index (χ2v) is 7.09. The second-order valence-electron chi connectivity index (χ2n) is 7.09. The van der Waals surface area contributed by atoms with Gasteiger partial charge in [0.05, 0.1) is 12.2 Å². The highest BCUT2D eigenvalue weighted by Gasteiger charge is 2.35. The fourth-order valence-corrected chi connectivity index (χ4v) is 4.52. The molecule has 2 bridgehead atoms. The van der Waals surface area contributed by atoms with E-state index in [0.29, 0.717) is 12.2 Å². The van der Waals surface area contributed by atoms with Gasteiger partial charge in [-0.3, -0.25) is 0 Å². The molecule has 3 fully saturated rings. The minimum absolute atomic E-state index is 0.388. The molecule has 0 aromatic carbocycles. The van der Waals surface area contributed by atoms with Crippen molar-refractivity contribution in [3.05, 3.63) is 0 Å². The number of fused-ring (bicyclic) bond motifs is 2. The van der Waals surface area contributed by atoms with E-state index >= 15 is 0 Å². The summed E-state index contributed by atoms with van der Waals surface area (Å²) >= 11 is 0. The highest BCUT2D eigenvalue weighted by Crippen LogP contribution is 2.43. The van der Waals surface area contributed by atoms with Gasteiger partial charge in [-0.1, -0.05) is 26.2 Å². The van der Waals surface area contributed by atoms with Gasteiger partial charge in [0.1, 0.15) is 0 Å². The predicted octanol–water partition coefficient (Wildman–Crippen LogP) is 4.48. The van der Waals surface area contributed by atoms with Gasteiger partial charge in [0.25, 0.3) is 0 Å². The van der Waals surface area contributed by atoms with Crippen molar-refractivity contribution >= 4 is 0 Å². The van der Waals surface area contributed by atoms with Crippen LogP contribution < -0.4 is 0 Å². The third-order valence-electron chi connectivity index (χ3n) is 5.21. The average molecular weight is 252 g/mol. The maximum absolute atomic E-state index is 5.79. The molecule has 3 aliphatic rings. The zero-order valence-electron chi connectivity index (χ0n) is 11.8. The second kappa shape index (κ2) is 5.92. The molecule has 18 heavy (non-hydrogen) atoms. The van der Waals surface area contributed by atoms with Crippen molar-refractivity contribution in [2.75, 3.05) is 0 Å². The zero-order valence-corrected chi connectivity index (χ0v) is 11.8. The number of rotatable bonds is 3. The van der Waals surface area contributed by atoms with Crippen molar-refractivity contribution in [2.45, 2.75) is 83.3 Å². The summed E-state index contributed by atoms with van der Waals surface area (Å²) in [5.41, 5.74) is 0. The van der Waals surface area contributed by atoms with Crippen LogP contribution >= 0.6 is 0 Å². The minimum Gasteiger partial charge on any atom is -0.233 e. The molecular weight excluding hydrogens is 224 g/mol. The summed E-state index contributed by atoms with van der Waals surface area (Å²) in [5, 5.41) is 0. The Labute approximate surface area is 111 Å². The maximum Gasteiger partial charge on any atom is 0.0935 e. The van der Waals surface area contributed by atoms with Crippen LogP contribution in [0.3, 0.4) is 0 Å². The number of hydrogen-bond acceptors (Lipinski definition) is 2. The van der Waals surface area contributed by atoms with Gasteiger partial charge in [0, 0.05) is 0 Å². The number of hydrogen-bond donors (Lipinski definition) is 0. The molecule has 2 heteroatoms. The van der Waals surface area contributed by atoms with Gasteiger partial charge in [-0.2, -0.15) is 0 Å². The van der Waals surface area contributed by atoms with Crippen LogP contribution in [-0.2, 0) is 9.78 Å². The smallest absolute Gasteiger partial charge is 0.0935 e. The highest BCUT2D eigenvalue weighted by molar-refractivity contribution is 4.85. The molecule has 3 aliphatic carbocycles. The van der Waals surface area contributed by atoms with Crippen molar-refractivity contribution in [1.82, 2.24) is 0 Å². The molecule has 0 heterocycles. The van der Waals surface area contributed by atoms with Crippen LogP contribution in [0.25, 0.3) is 0 Å². The van der Waals surface area contributed by atoms with Crippen LogP contribution in [0.2, 0.25) is 0 Å². The van der Waals surface area contributed by atoms with E-state index in [-0.39, 0.29) is 0 Å². The molecule has 0 amide bonds. The third-order valence-corrected chi connectivity index (χ3v) is 5.21. The van der Waals surface area contributed by atoms with Crippen LogP contribution in [0, 0.1) is 17.8 Å². The van der Waals surface area contributed by atoms with Crippen molar-refractivity contribution in [1.29, 1.82) is 0 Å². The summed E-state index contributed by atoms with van der Waals surface area (Å²) in [4.78, 5) is 11.5. The fraction of sp³-hybridized carbons (Fsp3) is 1.00. The molecule has 0 spiro atoms. The molecule has 2 nitrogen and oxygen atoms in total. The fourth-order valence-electron chi connectivity index (χ4n) is 4.52. The molecule has 3 saturated carbocycles. The Morgan fingerprint density at radius 3 is 1.94 bits per heavy atom. The monoisotopic (exact) mass is 252 g/mol. The first-order valence-corrected chi connectivity index (χ1v) is 8.11. The Kier molecular flexibility index (Phi) is 4.25. The lowest BCUT2D eigenvalue weighted by Gasteiger charge is -2.41. The van der Waals surface area contributed by atoms with Crippen molar-refractivity contribution in [3.8, 4) is 0 Å². The van der Waals surface area contributed by atoms with Gasteiger partial charge >= 0.3 is 0 Å². The normalized spacial score (nSPS) is 41.8. The lowest BCUT2D eigenvalue weighted by molar-refractivity contribution is -0.362. The Balaban J connectivity index is 1.43. The summed E-state index contributed by atoms with van der Waals surface area (Å²) in [7, 11) is 0. The molecule has 0 saturated heterocycles. The topological polar surface area (TPSA) is 18.5 Å². The summed E-state index contributed by atoms with van der Waals surface area (Å²) in [5.74, 6) is 2.76. The van der Waals surface area contributed by atoms with E-state index in [1.807, 2.05) is 0 Å². The summed E-state index contributed by atoms with van der Waals surface area (Å²) in [6.45, 7) is 2.42. The van der Waals surface area contributed by atoms with Gasteiger partial charge in [0.15, 0.2) is 0 Å². The Morgan fingerprint density at radius 1 is 0.667 bits per heavy atom. The minimum atomic E-state index is 0.388. The van der Waals surface area contributed by atoms with E-state index in [9.17, 15) is 0 Å². The van der Waals surface area contributed by atoms with Crippen LogP contribution in [0.5, 0.6) is 0 Å². The van der Waals surface area contributed by atoms with Crippen molar-refractivity contribution < 1.29 is 9.78 Å². The lowest BCUT2D eigenvalue weighted by atomic mass is 9.68. The molecule has 0 aromatic heterocycles. The van der Waals surface area contributed by atoms with Crippen molar-refractivity contribution in [3.63, 3.8) is 0 Å². The predicted molar refractivity (Wildman–Crippen MR) is 72.1 cm³/mol. The zero-order chi connectivity index (χ0) is 12.4. The summed E-state index contributed by atoms with van der Waals surface area (Å²) in [6.07, 6.45) is 14.0. The van der Waals surface area contributed by atoms with E-state index in [0.717, 1.165) is 17.8 Å². The quantitative estimate of drug-likeness (QED) is 0.544. The van der Waals surface area contributed by atoms with Crippen LogP contribution in [0.15, 0.2) is 0 Å². The SMILES string of the molecule is CC1CC2CC(C1)CC(OOC1CCCCC1)C2. The Hall–Kier alpha value is -0.0800. The molecule has 0 radical (unpaired) electrons. The molecule has 0 aromatic rings. The lowest BCUT2D eigenvalue weighted by Crippen LogP contribution is -2.35. The molecular formula is C16H28O2. The van der Waals surface area contributed by atoms with Gasteiger partial charge in [-0.15, -0.1) is 0 Å². The summed E-state index contributed by atoms with van der Waals surface area (Å²) < 4.78 is 0. The molecule has 104 valence electrons. The van der Waals surface area contributed by atoms with Gasteiger partial charge in [-0.25, -0.2) is 9.78 Å². The standard InChI is InChI=1S/C16H28O2/c1-12-7-13-9-14(8-12)11-16(10-13)18-17-15-5-3-2-4-6-15/h12-16H,2-11H2,1H3. The van der Waals surface area contributed by atoms with E-state index in [1.54, 1.807) is 0 Å². The molecule has 3 rings (SSSR count). The Bertz CT molecular complexity index is 242. The van der Waals surface area contributed by atoms with Gasteiger partial charge in [-0.05, 0) is 62.7 Å². The average Bonchev–Trinajstić information content (AvgIpc) is 2.36. The van der Waals surface area contributed by atoms with E-state index in [4.69, 9.17) is 9.78 Å². The molecule has 0 N–H and O–H groups in total. The first-order chi connectivity index (χ1) is 8.79. The van der Waals surface area contributed by atoms with E-state index in [2.05, 4.69) is 6.92 Å². The first-order valence-electron chi connectivity index (χ1n) is 8.11. The molecule has 2 atom stereocenters. The van der Waals surface area contributed by atoms with Crippen LogP contribution in [-0.4, -0.2) is 12.2 Å². The van der Waals surface area contributed by atoms with Crippen molar-refractivity contribution in [2.24, 2.45) is 17.8 Å². The van der Waals surface area contributed by atoms with E-state index < -0.39 is 0 Å². The van der Waals surface area contributed by atoms with Crippen LogP contribution in [0.4, 0.5) is 0 Å².